The van der Waals surface area contributed by atoms with Gasteiger partial charge in [0.2, 0.25) is 0 Å². The Kier molecular flexibility index (Phi) is 20.1. The van der Waals surface area contributed by atoms with Crippen LogP contribution in [-0.4, -0.2) is 65.7 Å². The van der Waals surface area contributed by atoms with E-state index in [9.17, 15) is 9.59 Å². The first-order valence-electron chi connectivity index (χ1n) is 18.0. The monoisotopic (exact) mass is 657 g/mol. The molecule has 2 amide bonds. The highest BCUT2D eigenvalue weighted by atomic mass is 28.3. The Balaban J connectivity index is 0.000000440. The predicted octanol–water partition coefficient (Wildman–Crippen LogP) is 8.25. The summed E-state index contributed by atoms with van der Waals surface area (Å²) in [5, 5.41) is 5.94. The Morgan fingerprint density at radius 3 is 1.23 bits per heavy atom. The molecule has 44 heavy (non-hydrogen) atoms. The number of nitrogens with one attached hydrogen (secondary N) is 2. The molecule has 0 aromatic rings. The van der Waals surface area contributed by atoms with Crippen molar-refractivity contribution in [3.05, 3.63) is 0 Å². The first-order chi connectivity index (χ1) is 20.6. The minimum Gasteiger partial charge on any atom is -0.450 e. The van der Waals surface area contributed by atoms with Gasteiger partial charge in [0.25, 0.3) is 0 Å². The van der Waals surface area contributed by atoms with Gasteiger partial charge in [-0.3, -0.25) is 0 Å². The van der Waals surface area contributed by atoms with Crippen molar-refractivity contribution in [1.82, 2.24) is 10.6 Å². The quantitative estimate of drug-likeness (QED) is 0.124. The fourth-order valence-corrected chi connectivity index (χ4v) is 7.68. The van der Waals surface area contributed by atoms with Crippen molar-refractivity contribution in [1.29, 1.82) is 0 Å². The molecule has 0 aromatic heterocycles. The number of amides is 2. The van der Waals surface area contributed by atoms with Crippen molar-refractivity contribution in [2.24, 2.45) is 23.3 Å². The molecule has 6 N–H and O–H groups in total. The summed E-state index contributed by atoms with van der Waals surface area (Å²) in [4.78, 5) is 23.8. The van der Waals surface area contributed by atoms with Crippen LogP contribution in [0.5, 0.6) is 0 Å². The van der Waals surface area contributed by atoms with Crippen molar-refractivity contribution < 1.29 is 19.1 Å². The second kappa shape index (κ2) is 21.6. The van der Waals surface area contributed by atoms with Gasteiger partial charge in [-0.05, 0) is 49.6 Å². The minimum absolute atomic E-state index is 0.0290. The van der Waals surface area contributed by atoms with E-state index in [1.807, 2.05) is 0 Å². The number of ether oxygens (including phenoxy) is 2. The molecular weight excluding hydrogens is 585 g/mol. The number of hydrogen-bond acceptors (Lipinski definition) is 6. The molecule has 0 unspecified atom stereocenters. The van der Waals surface area contributed by atoms with Crippen molar-refractivity contribution >= 4 is 28.3 Å². The maximum absolute atomic E-state index is 11.9. The van der Waals surface area contributed by atoms with Gasteiger partial charge in [0.1, 0.15) is 0 Å². The van der Waals surface area contributed by atoms with E-state index in [1.54, 1.807) is 0 Å². The zero-order valence-corrected chi connectivity index (χ0v) is 32.0. The number of hydrogen-bond donors (Lipinski definition) is 4. The second-order valence-corrected chi connectivity index (χ2v) is 27.3. The average Bonchev–Trinajstić information content (AvgIpc) is 2.94. The maximum atomic E-state index is 11.9. The lowest BCUT2D eigenvalue weighted by molar-refractivity contribution is 0.143. The molecule has 0 heterocycles. The van der Waals surface area contributed by atoms with Crippen LogP contribution in [0.3, 0.4) is 0 Å². The van der Waals surface area contributed by atoms with Gasteiger partial charge in [0.05, 0.1) is 13.2 Å². The summed E-state index contributed by atoms with van der Waals surface area (Å²) in [7, 11) is -2.31. The Morgan fingerprint density at radius 1 is 0.636 bits per heavy atom. The first-order valence-corrected chi connectivity index (χ1v) is 25.4. The SMILES string of the molecule is CC[C@@H](NC(=O)OCC[Si](C)(C)C)[C@@H](N)CC1CCCCC1.CC[C@@H](NC(=O)OCC[Si](C)(C)C)[C@@H](N)CC1CCCCC1. The number of alkyl carbamates (subject to hydrolysis) is 2. The van der Waals surface area contributed by atoms with Gasteiger partial charge in [-0.2, -0.15) is 0 Å². The van der Waals surface area contributed by atoms with Crippen LogP contribution in [0.2, 0.25) is 51.4 Å². The Bertz CT molecular complexity index is 714. The maximum Gasteiger partial charge on any atom is 0.407 e. The van der Waals surface area contributed by atoms with Crippen LogP contribution in [0, 0.1) is 11.8 Å². The standard InChI is InChI=1S/2C17H36N2O2Si/c2*1-5-16(15(18)13-14-9-7-6-8-10-14)19-17(20)21-11-12-22(2,3)4/h2*14-16H,5-13,18H2,1-4H3,(H,19,20)/t2*15-,16+/m00/s1. The Morgan fingerprint density at radius 2 is 0.955 bits per heavy atom. The summed E-state index contributed by atoms with van der Waals surface area (Å²) >= 11 is 0. The highest BCUT2D eigenvalue weighted by Gasteiger charge is 2.25. The van der Waals surface area contributed by atoms with Gasteiger partial charge in [-0.15, -0.1) is 0 Å². The summed E-state index contributed by atoms with van der Waals surface area (Å²) in [5.41, 5.74) is 12.7. The number of rotatable bonds is 16. The molecule has 10 heteroatoms. The molecule has 2 saturated carbocycles. The van der Waals surface area contributed by atoms with Crippen molar-refractivity contribution in [3.8, 4) is 0 Å². The molecule has 4 atom stereocenters. The lowest BCUT2D eigenvalue weighted by Gasteiger charge is -2.29. The molecule has 0 aliphatic heterocycles. The van der Waals surface area contributed by atoms with Crippen LogP contribution in [-0.2, 0) is 9.47 Å². The molecule has 2 fully saturated rings. The summed E-state index contributed by atoms with van der Waals surface area (Å²) in [6.07, 6.45) is 16.4. The molecule has 2 aliphatic rings. The van der Waals surface area contributed by atoms with Crippen LogP contribution >= 0.6 is 0 Å². The third-order valence-electron chi connectivity index (χ3n) is 9.35. The van der Waals surface area contributed by atoms with Gasteiger partial charge in [0.15, 0.2) is 0 Å². The lowest BCUT2D eigenvalue weighted by atomic mass is 9.83. The smallest absolute Gasteiger partial charge is 0.407 e. The van der Waals surface area contributed by atoms with Crippen LogP contribution < -0.4 is 22.1 Å². The third kappa shape index (κ3) is 20.1. The topological polar surface area (TPSA) is 129 Å². The Hall–Kier alpha value is -1.11. The number of nitrogens with two attached hydrogens (primary N) is 2. The van der Waals surface area contributed by atoms with Crippen LogP contribution in [0.1, 0.15) is 104 Å². The average molecular weight is 657 g/mol. The van der Waals surface area contributed by atoms with Crippen molar-refractivity contribution in [2.45, 2.75) is 179 Å². The van der Waals surface area contributed by atoms with Gasteiger partial charge in [-0.1, -0.05) is 117 Å². The van der Waals surface area contributed by atoms with E-state index in [4.69, 9.17) is 20.9 Å². The summed E-state index contributed by atoms with van der Waals surface area (Å²) in [6, 6.07) is 2.15. The van der Waals surface area contributed by atoms with Crippen molar-refractivity contribution in [3.63, 3.8) is 0 Å². The van der Waals surface area contributed by atoms with Crippen LogP contribution in [0.25, 0.3) is 0 Å². The molecular formula is C34H72N4O4Si2. The number of carbonyl (C=O) groups excluding carboxylic acids is 2. The van der Waals surface area contributed by atoms with Crippen molar-refractivity contribution in [2.75, 3.05) is 13.2 Å². The molecule has 260 valence electrons. The van der Waals surface area contributed by atoms with Gasteiger partial charge in [0, 0.05) is 40.3 Å². The molecule has 2 rings (SSSR count). The van der Waals surface area contributed by atoms with E-state index in [0.717, 1.165) is 49.6 Å². The summed E-state index contributed by atoms with van der Waals surface area (Å²) < 4.78 is 10.6. The summed E-state index contributed by atoms with van der Waals surface area (Å²) in [5.74, 6) is 1.48. The van der Waals surface area contributed by atoms with E-state index in [1.165, 1.54) is 64.2 Å². The highest BCUT2D eigenvalue weighted by Crippen LogP contribution is 2.29. The molecule has 2 aliphatic carbocycles. The number of carbonyl (C=O) groups is 2. The van der Waals surface area contributed by atoms with Gasteiger partial charge in [-0.25, -0.2) is 9.59 Å². The molecule has 0 aromatic carbocycles. The van der Waals surface area contributed by atoms with E-state index >= 15 is 0 Å². The van der Waals surface area contributed by atoms with Crippen LogP contribution in [0.4, 0.5) is 9.59 Å². The zero-order valence-electron chi connectivity index (χ0n) is 30.0. The third-order valence-corrected chi connectivity index (χ3v) is 12.8. The lowest BCUT2D eigenvalue weighted by Crippen LogP contribution is -2.48. The normalized spacial score (nSPS) is 19.5. The predicted molar refractivity (Wildman–Crippen MR) is 192 cm³/mol. The first kappa shape index (κ1) is 40.9. The largest absolute Gasteiger partial charge is 0.450 e. The van der Waals surface area contributed by atoms with E-state index in [0.29, 0.717) is 13.2 Å². The second-order valence-electron chi connectivity index (χ2n) is 16.0. The molecule has 0 radical (unpaired) electrons. The van der Waals surface area contributed by atoms with Gasteiger partial charge >= 0.3 is 12.2 Å². The summed E-state index contributed by atoms with van der Waals surface area (Å²) in [6.45, 7) is 18.9. The van der Waals surface area contributed by atoms with Gasteiger partial charge < -0.3 is 31.6 Å². The molecule has 0 spiro atoms. The zero-order chi connectivity index (χ0) is 33.2. The fourth-order valence-electron chi connectivity index (χ4n) is 6.25. The fraction of sp³-hybridized carbons (Fsp3) is 0.941. The molecule has 0 bridgehead atoms. The molecule has 8 nitrogen and oxygen atoms in total. The highest BCUT2D eigenvalue weighted by molar-refractivity contribution is 6.76. The van der Waals surface area contributed by atoms with E-state index in [2.05, 4.69) is 63.8 Å². The van der Waals surface area contributed by atoms with E-state index < -0.39 is 16.1 Å². The minimum atomic E-state index is -1.15. The van der Waals surface area contributed by atoms with E-state index in [-0.39, 0.29) is 36.4 Å². The van der Waals surface area contributed by atoms with Crippen LogP contribution in [0.15, 0.2) is 0 Å². The molecule has 0 saturated heterocycles. The Labute approximate surface area is 273 Å².